The highest BCUT2D eigenvalue weighted by Gasteiger charge is 2.21. The summed E-state index contributed by atoms with van der Waals surface area (Å²) in [5.74, 6) is -0.513. The van der Waals surface area contributed by atoms with E-state index in [2.05, 4.69) is 32.0 Å². The van der Waals surface area contributed by atoms with Crippen LogP contribution in [0.2, 0.25) is 0 Å². The van der Waals surface area contributed by atoms with Crippen molar-refractivity contribution in [2.24, 2.45) is 0 Å². The van der Waals surface area contributed by atoms with Gasteiger partial charge in [0.1, 0.15) is 0 Å². The van der Waals surface area contributed by atoms with E-state index in [1.165, 1.54) is 133 Å². The van der Waals surface area contributed by atoms with Crippen LogP contribution in [0.1, 0.15) is 169 Å². The quantitative estimate of drug-likeness (QED) is 0.0555. The number of benzene rings is 2. The first-order valence-corrected chi connectivity index (χ1v) is 16.8. The number of nitrogens with one attached hydrogen (secondary N) is 1. The maximum atomic E-state index is 12.6. The molecule has 4 heteroatoms. The zero-order valence-corrected chi connectivity index (χ0v) is 26.2. The third kappa shape index (κ3) is 11.4. The van der Waals surface area contributed by atoms with E-state index in [0.29, 0.717) is 11.3 Å². The van der Waals surface area contributed by atoms with Gasteiger partial charge in [-0.05, 0) is 60.1 Å². The molecule has 1 amide bonds. The van der Waals surface area contributed by atoms with E-state index in [1.807, 2.05) is 12.4 Å². The molecule has 0 atom stereocenters. The molecule has 0 spiro atoms. The number of anilines is 1. The molecule has 0 aromatic heterocycles. The summed E-state index contributed by atoms with van der Waals surface area (Å²) in [7, 11) is 0. The highest BCUT2D eigenvalue weighted by Crippen LogP contribution is 2.36. The predicted octanol–water partition coefficient (Wildman–Crippen LogP) is 10.8. The number of amides is 1. The van der Waals surface area contributed by atoms with Gasteiger partial charge < -0.3 is 5.73 Å². The number of hydrogen-bond donors (Lipinski definition) is 3. The van der Waals surface area contributed by atoms with Gasteiger partial charge in [-0.25, -0.2) is 5.48 Å². The maximum absolute atomic E-state index is 12.6. The van der Waals surface area contributed by atoms with Crippen molar-refractivity contribution < 1.29 is 10.0 Å². The lowest BCUT2D eigenvalue weighted by molar-refractivity contribution is 0.0706. The number of nitrogen functional groups attached to an aromatic ring is 1. The van der Waals surface area contributed by atoms with Gasteiger partial charge in [0.2, 0.25) is 0 Å². The molecule has 0 heterocycles. The third-order valence-corrected chi connectivity index (χ3v) is 8.73. The number of unbranched alkanes of at least 4 members (excludes halogenated alkanes) is 18. The molecule has 0 fully saturated rings. The topological polar surface area (TPSA) is 75.3 Å². The van der Waals surface area contributed by atoms with Crippen LogP contribution >= 0.6 is 0 Å². The Morgan fingerprint density at radius 2 is 1.15 bits per heavy atom. The van der Waals surface area contributed by atoms with Gasteiger partial charge in [0, 0.05) is 5.69 Å². The number of aryl methyl sites for hydroxylation is 3. The number of carbonyl (C=O) groups is 1. The minimum absolute atomic E-state index is 0.424. The van der Waals surface area contributed by atoms with Crippen LogP contribution in [0.3, 0.4) is 0 Å². The second kappa shape index (κ2) is 20.8. The molecule has 2 aromatic rings. The SMILES string of the molecule is CCCCCCCCCCCCc1cccc2c(C)c(C(=O)NO)c(N)c(CCCCCCCCCCCC)c12. The number of carbonyl (C=O) groups excluding carboxylic acids is 1. The average molecular weight is 553 g/mol. The molecule has 226 valence electrons. The van der Waals surface area contributed by atoms with Crippen molar-refractivity contribution in [2.45, 2.75) is 162 Å². The van der Waals surface area contributed by atoms with E-state index in [0.717, 1.165) is 35.8 Å². The van der Waals surface area contributed by atoms with Gasteiger partial charge in [0.25, 0.3) is 5.91 Å². The molecule has 2 rings (SSSR count). The molecule has 0 aliphatic rings. The van der Waals surface area contributed by atoms with Gasteiger partial charge in [0.15, 0.2) is 0 Å². The first-order chi connectivity index (χ1) is 19.6. The third-order valence-electron chi connectivity index (χ3n) is 8.73. The van der Waals surface area contributed by atoms with Crippen LogP contribution < -0.4 is 11.2 Å². The molecule has 0 radical (unpaired) electrons. The van der Waals surface area contributed by atoms with E-state index in [-0.39, 0.29) is 0 Å². The summed E-state index contributed by atoms with van der Waals surface area (Å²) in [5, 5.41) is 11.8. The van der Waals surface area contributed by atoms with Crippen LogP contribution in [0.5, 0.6) is 0 Å². The van der Waals surface area contributed by atoms with Crippen molar-refractivity contribution in [3.8, 4) is 0 Å². The van der Waals surface area contributed by atoms with Crippen LogP contribution in [0.15, 0.2) is 18.2 Å². The molecule has 0 bridgehead atoms. The Balaban J connectivity index is 2.01. The molecule has 40 heavy (non-hydrogen) atoms. The Bertz CT molecular complexity index is 985. The standard InChI is InChI=1S/C36H60N2O2/c1-4-6-8-10-12-14-16-18-20-22-25-30-26-24-28-31-29(3)33(36(39)38-40)35(37)32(34(30)31)27-23-21-19-17-15-13-11-9-7-5-2/h24,26,28,40H,4-23,25,27,37H2,1-3H3,(H,38,39). The summed E-state index contributed by atoms with van der Waals surface area (Å²) in [6.45, 7) is 6.50. The average Bonchev–Trinajstić information content (AvgIpc) is 2.96. The number of hydroxylamine groups is 1. The minimum Gasteiger partial charge on any atom is -0.398 e. The summed E-state index contributed by atoms with van der Waals surface area (Å²) in [4.78, 5) is 12.6. The van der Waals surface area contributed by atoms with Gasteiger partial charge in [0.05, 0.1) is 5.56 Å². The predicted molar refractivity (Wildman–Crippen MR) is 173 cm³/mol. The van der Waals surface area contributed by atoms with Gasteiger partial charge in [-0.2, -0.15) is 0 Å². The first-order valence-electron chi connectivity index (χ1n) is 16.8. The monoisotopic (exact) mass is 552 g/mol. The highest BCUT2D eigenvalue weighted by atomic mass is 16.5. The van der Waals surface area contributed by atoms with Crippen LogP contribution in [0.25, 0.3) is 10.8 Å². The Kier molecular flexibility index (Phi) is 17.7. The molecule has 0 aliphatic carbocycles. The van der Waals surface area contributed by atoms with Crippen molar-refractivity contribution >= 4 is 22.4 Å². The molecule has 0 unspecified atom stereocenters. The number of fused-ring (bicyclic) bond motifs is 1. The van der Waals surface area contributed by atoms with E-state index in [4.69, 9.17) is 5.73 Å². The highest BCUT2D eigenvalue weighted by molar-refractivity contribution is 6.08. The van der Waals surface area contributed by atoms with E-state index in [9.17, 15) is 10.0 Å². The molecule has 0 saturated carbocycles. The summed E-state index contributed by atoms with van der Waals surface area (Å²) < 4.78 is 0. The van der Waals surface area contributed by atoms with E-state index in [1.54, 1.807) is 0 Å². The smallest absolute Gasteiger partial charge is 0.277 e. The Morgan fingerprint density at radius 3 is 1.62 bits per heavy atom. The number of nitrogens with two attached hydrogens (primary N) is 1. The number of hydrogen-bond acceptors (Lipinski definition) is 3. The zero-order chi connectivity index (χ0) is 29.0. The summed E-state index contributed by atoms with van der Waals surface area (Å²) >= 11 is 0. The molecule has 4 N–H and O–H groups in total. The van der Waals surface area contributed by atoms with E-state index >= 15 is 0 Å². The minimum atomic E-state index is -0.513. The van der Waals surface area contributed by atoms with Gasteiger partial charge >= 0.3 is 0 Å². The zero-order valence-electron chi connectivity index (χ0n) is 26.2. The fourth-order valence-corrected chi connectivity index (χ4v) is 6.30. The molecule has 0 aliphatic heterocycles. The second-order valence-electron chi connectivity index (χ2n) is 12.0. The van der Waals surface area contributed by atoms with Crippen molar-refractivity contribution in [3.05, 3.63) is 40.5 Å². The van der Waals surface area contributed by atoms with Crippen molar-refractivity contribution in [3.63, 3.8) is 0 Å². The second-order valence-corrected chi connectivity index (χ2v) is 12.0. The van der Waals surface area contributed by atoms with Crippen LogP contribution in [-0.4, -0.2) is 11.1 Å². The van der Waals surface area contributed by atoms with Crippen LogP contribution in [-0.2, 0) is 12.8 Å². The Labute approximate surface area is 245 Å². The lowest BCUT2D eigenvalue weighted by Gasteiger charge is -2.20. The molecule has 2 aromatic carbocycles. The van der Waals surface area contributed by atoms with Gasteiger partial charge in [-0.1, -0.05) is 148 Å². The Morgan fingerprint density at radius 1 is 0.700 bits per heavy atom. The molecule has 0 saturated heterocycles. The van der Waals surface area contributed by atoms with Gasteiger partial charge in [-0.15, -0.1) is 0 Å². The first kappa shape index (κ1) is 34.1. The lowest BCUT2D eigenvalue weighted by Crippen LogP contribution is -2.22. The molecular weight excluding hydrogens is 492 g/mol. The maximum Gasteiger partial charge on any atom is 0.277 e. The molecular formula is C36H60N2O2. The normalized spacial score (nSPS) is 11.4. The Hall–Kier alpha value is -2.07. The van der Waals surface area contributed by atoms with Crippen LogP contribution in [0, 0.1) is 6.92 Å². The largest absolute Gasteiger partial charge is 0.398 e. The summed E-state index contributed by atoms with van der Waals surface area (Å²) in [6.07, 6.45) is 28.2. The van der Waals surface area contributed by atoms with E-state index < -0.39 is 5.91 Å². The van der Waals surface area contributed by atoms with Crippen molar-refractivity contribution in [1.29, 1.82) is 0 Å². The lowest BCUT2D eigenvalue weighted by atomic mass is 9.86. The van der Waals surface area contributed by atoms with Gasteiger partial charge in [-0.3, -0.25) is 10.0 Å². The summed E-state index contributed by atoms with van der Waals surface area (Å²) in [6, 6.07) is 6.48. The fraction of sp³-hybridized carbons (Fsp3) is 0.694. The molecule has 4 nitrogen and oxygen atoms in total. The fourth-order valence-electron chi connectivity index (χ4n) is 6.30. The summed E-state index contributed by atoms with van der Waals surface area (Å²) in [5.41, 5.74) is 12.8. The van der Waals surface area contributed by atoms with Crippen molar-refractivity contribution in [2.75, 3.05) is 5.73 Å². The van der Waals surface area contributed by atoms with Crippen molar-refractivity contribution in [1.82, 2.24) is 5.48 Å². The number of rotatable bonds is 23. The van der Waals surface area contributed by atoms with Crippen LogP contribution in [0.4, 0.5) is 5.69 Å².